The predicted molar refractivity (Wildman–Crippen MR) is 55.0 cm³/mol. The molecule has 1 aromatic heterocycles. The third kappa shape index (κ3) is 1.31. The fraction of sp³-hybridized carbons (Fsp3) is 0.182. The van der Waals surface area contributed by atoms with Gasteiger partial charge in [-0.05, 0) is 12.1 Å². The van der Waals surface area contributed by atoms with Crippen LogP contribution in [0, 0.1) is 12.3 Å². The van der Waals surface area contributed by atoms with Crippen LogP contribution < -0.4 is 4.74 Å². The maximum absolute atomic E-state index is 5.41. The molecule has 0 unspecified atom stereocenters. The van der Waals surface area contributed by atoms with Crippen molar-refractivity contribution in [2.75, 3.05) is 6.61 Å². The number of aromatic nitrogens is 2. The number of para-hydroxylation sites is 1. The molecule has 2 rings (SSSR count). The molecule has 0 aliphatic heterocycles. The highest BCUT2D eigenvalue weighted by Gasteiger charge is 2.05. The molecular weight excluding hydrogens is 176 g/mol. The van der Waals surface area contributed by atoms with Crippen LogP contribution in [0.25, 0.3) is 11.0 Å². The van der Waals surface area contributed by atoms with Gasteiger partial charge in [-0.2, -0.15) is 0 Å². The topological polar surface area (TPSA) is 27.1 Å². The van der Waals surface area contributed by atoms with E-state index in [0.717, 1.165) is 16.8 Å². The lowest BCUT2D eigenvalue weighted by molar-refractivity contribution is 0.373. The average Bonchev–Trinajstić information content (AvgIpc) is 2.58. The maximum atomic E-state index is 5.41. The normalized spacial score (nSPS) is 10.0. The minimum Gasteiger partial charge on any atom is -0.479 e. The monoisotopic (exact) mass is 186 g/mol. The Bertz CT molecular complexity index is 493. The molecule has 0 fully saturated rings. The first-order valence-electron chi connectivity index (χ1n) is 4.29. The van der Waals surface area contributed by atoms with Crippen LogP contribution in [-0.2, 0) is 7.05 Å². The van der Waals surface area contributed by atoms with Crippen molar-refractivity contribution in [1.29, 1.82) is 0 Å². The van der Waals surface area contributed by atoms with E-state index in [9.17, 15) is 0 Å². The Morgan fingerprint density at radius 3 is 3.21 bits per heavy atom. The highest BCUT2D eigenvalue weighted by atomic mass is 16.5. The number of imidazole rings is 1. The molecule has 70 valence electrons. The summed E-state index contributed by atoms with van der Waals surface area (Å²) in [7, 11) is 1.93. The van der Waals surface area contributed by atoms with Crippen molar-refractivity contribution in [3.8, 4) is 18.1 Å². The summed E-state index contributed by atoms with van der Waals surface area (Å²) in [4.78, 5) is 4.22. The van der Waals surface area contributed by atoms with Gasteiger partial charge in [0.2, 0.25) is 0 Å². The van der Waals surface area contributed by atoms with Crippen LogP contribution in [-0.4, -0.2) is 16.2 Å². The highest BCUT2D eigenvalue weighted by molar-refractivity contribution is 5.81. The quantitative estimate of drug-likeness (QED) is 0.666. The van der Waals surface area contributed by atoms with Crippen molar-refractivity contribution in [3.05, 3.63) is 24.5 Å². The van der Waals surface area contributed by atoms with Crippen LogP contribution >= 0.6 is 0 Å². The summed E-state index contributed by atoms with van der Waals surface area (Å²) in [6, 6.07) is 5.74. The van der Waals surface area contributed by atoms with Gasteiger partial charge in [0.25, 0.3) is 0 Å². The van der Waals surface area contributed by atoms with Crippen molar-refractivity contribution < 1.29 is 4.74 Å². The van der Waals surface area contributed by atoms with Crippen LogP contribution in [0.4, 0.5) is 0 Å². The third-order valence-corrected chi connectivity index (χ3v) is 2.01. The van der Waals surface area contributed by atoms with Gasteiger partial charge in [-0.1, -0.05) is 12.0 Å². The number of nitrogens with zero attached hydrogens (tertiary/aromatic N) is 2. The first-order valence-corrected chi connectivity index (χ1v) is 4.29. The van der Waals surface area contributed by atoms with E-state index in [-0.39, 0.29) is 6.61 Å². The van der Waals surface area contributed by atoms with E-state index >= 15 is 0 Å². The molecule has 14 heavy (non-hydrogen) atoms. The van der Waals surface area contributed by atoms with Crippen LogP contribution in [0.1, 0.15) is 0 Å². The minimum atomic E-state index is 0.282. The van der Waals surface area contributed by atoms with Crippen molar-refractivity contribution in [1.82, 2.24) is 9.55 Å². The van der Waals surface area contributed by atoms with Crippen LogP contribution in [0.15, 0.2) is 24.5 Å². The van der Waals surface area contributed by atoms with Crippen LogP contribution in [0.5, 0.6) is 5.75 Å². The first kappa shape index (κ1) is 8.64. The Morgan fingerprint density at radius 2 is 2.43 bits per heavy atom. The largest absolute Gasteiger partial charge is 0.479 e. The van der Waals surface area contributed by atoms with Gasteiger partial charge in [-0.15, -0.1) is 6.42 Å². The summed E-state index contributed by atoms with van der Waals surface area (Å²) in [6.45, 7) is 0.282. The van der Waals surface area contributed by atoms with Gasteiger partial charge in [-0.25, -0.2) is 4.98 Å². The summed E-state index contributed by atoms with van der Waals surface area (Å²) in [6.07, 6.45) is 6.89. The number of ether oxygens (including phenoxy) is 1. The van der Waals surface area contributed by atoms with Gasteiger partial charge in [0.1, 0.15) is 17.9 Å². The van der Waals surface area contributed by atoms with Crippen molar-refractivity contribution >= 4 is 11.0 Å². The molecule has 0 aliphatic rings. The zero-order valence-electron chi connectivity index (χ0n) is 7.90. The van der Waals surface area contributed by atoms with E-state index in [4.69, 9.17) is 11.2 Å². The summed E-state index contributed by atoms with van der Waals surface area (Å²) in [5.41, 5.74) is 1.89. The molecule has 0 atom stereocenters. The van der Waals surface area contributed by atoms with E-state index in [2.05, 4.69) is 10.9 Å². The molecule has 0 bridgehead atoms. The summed E-state index contributed by atoms with van der Waals surface area (Å²) >= 11 is 0. The zero-order valence-corrected chi connectivity index (χ0v) is 7.90. The first-order chi connectivity index (χ1) is 6.83. The average molecular weight is 186 g/mol. The van der Waals surface area contributed by atoms with E-state index in [1.807, 2.05) is 29.8 Å². The summed E-state index contributed by atoms with van der Waals surface area (Å²) < 4.78 is 7.33. The van der Waals surface area contributed by atoms with Gasteiger partial charge in [0, 0.05) is 7.05 Å². The minimum absolute atomic E-state index is 0.282. The smallest absolute Gasteiger partial charge is 0.148 e. The molecule has 3 heteroatoms. The Balaban J connectivity index is 2.53. The lowest BCUT2D eigenvalue weighted by Crippen LogP contribution is -1.96. The second-order valence-electron chi connectivity index (χ2n) is 2.97. The van der Waals surface area contributed by atoms with Crippen molar-refractivity contribution in [3.63, 3.8) is 0 Å². The number of hydrogen-bond acceptors (Lipinski definition) is 2. The van der Waals surface area contributed by atoms with Crippen molar-refractivity contribution in [2.24, 2.45) is 7.05 Å². The number of terminal acetylenes is 1. The molecule has 0 saturated carbocycles. The third-order valence-electron chi connectivity index (χ3n) is 2.01. The van der Waals surface area contributed by atoms with Gasteiger partial charge in [0.05, 0.1) is 11.8 Å². The highest BCUT2D eigenvalue weighted by Crippen LogP contribution is 2.23. The second-order valence-corrected chi connectivity index (χ2v) is 2.97. The molecule has 3 nitrogen and oxygen atoms in total. The molecule has 2 aromatic rings. The number of hydrogen-bond donors (Lipinski definition) is 0. The molecule has 1 aromatic carbocycles. The Morgan fingerprint density at radius 1 is 1.57 bits per heavy atom. The van der Waals surface area contributed by atoms with E-state index in [1.54, 1.807) is 6.33 Å². The van der Waals surface area contributed by atoms with E-state index < -0.39 is 0 Å². The molecule has 1 heterocycles. The van der Waals surface area contributed by atoms with Gasteiger partial charge < -0.3 is 9.30 Å². The van der Waals surface area contributed by atoms with Gasteiger partial charge in [-0.3, -0.25) is 0 Å². The lowest BCUT2D eigenvalue weighted by Gasteiger charge is -2.04. The molecule has 0 saturated heterocycles. The Hall–Kier alpha value is -1.95. The van der Waals surface area contributed by atoms with Crippen LogP contribution in [0.2, 0.25) is 0 Å². The fourth-order valence-electron chi connectivity index (χ4n) is 1.41. The van der Waals surface area contributed by atoms with E-state index in [1.165, 1.54) is 0 Å². The number of benzene rings is 1. The molecular formula is C11H10N2O. The summed E-state index contributed by atoms with van der Waals surface area (Å²) in [5, 5.41) is 0. The molecule has 0 amide bonds. The zero-order chi connectivity index (χ0) is 9.97. The van der Waals surface area contributed by atoms with Crippen LogP contribution in [0.3, 0.4) is 0 Å². The second kappa shape index (κ2) is 3.43. The standard InChI is InChI=1S/C11H10N2O/c1-3-7-14-10-6-4-5-9-11(10)13(2)8-12-9/h1,4-6,8H,7H2,2H3. The number of rotatable bonds is 2. The summed E-state index contributed by atoms with van der Waals surface area (Å²) in [5.74, 6) is 3.22. The number of fused-ring (bicyclic) bond motifs is 1. The van der Waals surface area contributed by atoms with Gasteiger partial charge in [0.15, 0.2) is 0 Å². The van der Waals surface area contributed by atoms with E-state index in [0.29, 0.717) is 0 Å². The van der Waals surface area contributed by atoms with Gasteiger partial charge >= 0.3 is 0 Å². The molecule has 0 radical (unpaired) electrons. The Labute approximate surface area is 82.3 Å². The Kier molecular flexibility index (Phi) is 2.11. The molecule has 0 aliphatic carbocycles. The maximum Gasteiger partial charge on any atom is 0.148 e. The molecule has 0 spiro atoms. The number of aryl methyl sites for hydroxylation is 1. The lowest BCUT2D eigenvalue weighted by atomic mass is 10.3. The predicted octanol–water partition coefficient (Wildman–Crippen LogP) is 1.59. The SMILES string of the molecule is C#CCOc1cccc2ncn(C)c12. The van der Waals surface area contributed by atoms with Crippen molar-refractivity contribution in [2.45, 2.75) is 0 Å². The molecule has 0 N–H and O–H groups in total. The fourth-order valence-corrected chi connectivity index (χ4v) is 1.41.